The number of amides is 1. The van der Waals surface area contributed by atoms with Gasteiger partial charge in [-0.1, -0.05) is 17.3 Å². The topological polar surface area (TPSA) is 71.3 Å². The van der Waals surface area contributed by atoms with Gasteiger partial charge in [-0.15, -0.1) is 0 Å². The van der Waals surface area contributed by atoms with E-state index in [2.05, 4.69) is 26.4 Å². The average molecular weight is 362 g/mol. The SMILES string of the molecule is Cc1cc([C@H]2CCCN2Cc2cccc(C(=O)Nc3cccnc3)c2)no1. The number of aryl methyl sites for hydroxylation is 1. The maximum Gasteiger partial charge on any atom is 0.255 e. The Morgan fingerprint density at radius 2 is 2.22 bits per heavy atom. The van der Waals surface area contributed by atoms with Gasteiger partial charge in [0, 0.05) is 24.4 Å². The van der Waals surface area contributed by atoms with Crippen LogP contribution in [0.1, 0.15) is 46.3 Å². The summed E-state index contributed by atoms with van der Waals surface area (Å²) in [7, 11) is 0. The summed E-state index contributed by atoms with van der Waals surface area (Å²) in [6.07, 6.45) is 5.53. The Balaban J connectivity index is 1.46. The number of hydrogen-bond donors (Lipinski definition) is 1. The number of hydrogen-bond acceptors (Lipinski definition) is 5. The molecule has 0 saturated carbocycles. The predicted octanol–water partition coefficient (Wildman–Crippen LogP) is 3.97. The van der Waals surface area contributed by atoms with Crippen molar-refractivity contribution < 1.29 is 9.32 Å². The van der Waals surface area contributed by atoms with Crippen molar-refractivity contribution in [1.82, 2.24) is 15.0 Å². The van der Waals surface area contributed by atoms with Crippen LogP contribution >= 0.6 is 0 Å². The first kappa shape index (κ1) is 17.4. The summed E-state index contributed by atoms with van der Waals surface area (Å²) in [6, 6.07) is 13.7. The minimum Gasteiger partial charge on any atom is -0.361 e. The van der Waals surface area contributed by atoms with Crippen molar-refractivity contribution in [1.29, 1.82) is 0 Å². The number of benzene rings is 1. The molecule has 0 radical (unpaired) electrons. The molecule has 6 nitrogen and oxygen atoms in total. The molecule has 0 unspecified atom stereocenters. The maximum absolute atomic E-state index is 12.5. The highest BCUT2D eigenvalue weighted by molar-refractivity contribution is 6.04. The molecule has 27 heavy (non-hydrogen) atoms. The monoisotopic (exact) mass is 362 g/mol. The molecule has 0 bridgehead atoms. The molecule has 1 aromatic carbocycles. The largest absolute Gasteiger partial charge is 0.361 e. The van der Waals surface area contributed by atoms with Gasteiger partial charge in [0.15, 0.2) is 0 Å². The van der Waals surface area contributed by atoms with Crippen LogP contribution in [-0.4, -0.2) is 27.5 Å². The number of pyridine rings is 1. The Labute approximate surface area is 158 Å². The van der Waals surface area contributed by atoms with E-state index >= 15 is 0 Å². The Hall–Kier alpha value is -2.99. The number of likely N-dealkylation sites (tertiary alicyclic amines) is 1. The van der Waals surface area contributed by atoms with E-state index in [0.29, 0.717) is 11.3 Å². The minimum atomic E-state index is -0.130. The lowest BCUT2D eigenvalue weighted by atomic mass is 10.1. The highest BCUT2D eigenvalue weighted by Crippen LogP contribution is 2.32. The van der Waals surface area contributed by atoms with E-state index < -0.39 is 0 Å². The summed E-state index contributed by atoms with van der Waals surface area (Å²) in [5.41, 5.74) is 3.44. The van der Waals surface area contributed by atoms with Gasteiger partial charge in [0.2, 0.25) is 0 Å². The lowest BCUT2D eigenvalue weighted by Gasteiger charge is -2.22. The second-order valence-corrected chi connectivity index (χ2v) is 6.89. The Bertz CT molecular complexity index is 923. The molecular weight excluding hydrogens is 340 g/mol. The van der Waals surface area contributed by atoms with Gasteiger partial charge >= 0.3 is 0 Å². The van der Waals surface area contributed by atoms with Crippen molar-refractivity contribution in [3.8, 4) is 0 Å². The average Bonchev–Trinajstić information content (AvgIpc) is 3.31. The molecule has 1 aliphatic heterocycles. The van der Waals surface area contributed by atoms with E-state index in [1.54, 1.807) is 18.5 Å². The first-order valence-corrected chi connectivity index (χ1v) is 9.16. The third-order valence-corrected chi connectivity index (χ3v) is 4.85. The van der Waals surface area contributed by atoms with Crippen LogP contribution in [0.15, 0.2) is 59.4 Å². The molecule has 3 aromatic rings. The zero-order valence-corrected chi connectivity index (χ0v) is 15.3. The zero-order valence-electron chi connectivity index (χ0n) is 15.3. The molecule has 138 valence electrons. The van der Waals surface area contributed by atoms with Crippen LogP contribution in [0.2, 0.25) is 0 Å². The van der Waals surface area contributed by atoms with Gasteiger partial charge < -0.3 is 9.84 Å². The van der Waals surface area contributed by atoms with Crippen LogP contribution in [0.3, 0.4) is 0 Å². The molecule has 3 heterocycles. The fourth-order valence-corrected chi connectivity index (χ4v) is 3.58. The van der Waals surface area contributed by atoms with Crippen molar-refractivity contribution >= 4 is 11.6 Å². The van der Waals surface area contributed by atoms with Gasteiger partial charge in [-0.25, -0.2) is 0 Å². The quantitative estimate of drug-likeness (QED) is 0.744. The molecule has 1 fully saturated rings. The van der Waals surface area contributed by atoms with Gasteiger partial charge in [0.05, 0.1) is 17.9 Å². The minimum absolute atomic E-state index is 0.130. The normalized spacial score (nSPS) is 17.1. The van der Waals surface area contributed by atoms with Gasteiger partial charge in [-0.05, 0) is 56.1 Å². The molecule has 6 heteroatoms. The summed E-state index contributed by atoms with van der Waals surface area (Å²) >= 11 is 0. The van der Waals surface area contributed by atoms with Crippen molar-refractivity contribution in [2.24, 2.45) is 0 Å². The first-order chi connectivity index (χ1) is 13.2. The second kappa shape index (κ2) is 7.72. The van der Waals surface area contributed by atoms with Gasteiger partial charge in [0.25, 0.3) is 5.91 Å². The number of nitrogens with zero attached hydrogens (tertiary/aromatic N) is 3. The van der Waals surface area contributed by atoms with Crippen LogP contribution < -0.4 is 5.32 Å². The summed E-state index contributed by atoms with van der Waals surface area (Å²) in [6.45, 7) is 3.72. The number of nitrogens with one attached hydrogen (secondary N) is 1. The third kappa shape index (κ3) is 4.06. The maximum atomic E-state index is 12.5. The van der Waals surface area contributed by atoms with E-state index in [1.165, 1.54) is 0 Å². The fraction of sp³-hybridized carbons (Fsp3) is 0.286. The van der Waals surface area contributed by atoms with Crippen molar-refractivity contribution in [3.05, 3.63) is 77.4 Å². The number of carbonyl (C=O) groups excluding carboxylic acids is 1. The molecule has 0 aliphatic carbocycles. The van der Waals surface area contributed by atoms with Crippen molar-refractivity contribution in [2.45, 2.75) is 32.4 Å². The molecule has 1 amide bonds. The summed E-state index contributed by atoms with van der Waals surface area (Å²) in [5.74, 6) is 0.709. The number of rotatable bonds is 5. The summed E-state index contributed by atoms with van der Waals surface area (Å²) in [5, 5.41) is 7.07. The molecule has 1 aliphatic rings. The van der Waals surface area contributed by atoms with Gasteiger partial charge in [0.1, 0.15) is 11.5 Å². The molecule has 1 saturated heterocycles. The molecule has 2 aromatic heterocycles. The highest BCUT2D eigenvalue weighted by atomic mass is 16.5. The van der Waals surface area contributed by atoms with Crippen LogP contribution in [-0.2, 0) is 6.54 Å². The molecular formula is C21H22N4O2. The Kier molecular flexibility index (Phi) is 4.98. The van der Waals surface area contributed by atoms with Crippen LogP contribution in [0, 0.1) is 6.92 Å². The highest BCUT2D eigenvalue weighted by Gasteiger charge is 2.28. The number of carbonyl (C=O) groups is 1. The lowest BCUT2D eigenvalue weighted by molar-refractivity contribution is 0.102. The Morgan fingerprint density at radius 1 is 1.30 bits per heavy atom. The smallest absolute Gasteiger partial charge is 0.255 e. The predicted molar refractivity (Wildman–Crippen MR) is 102 cm³/mol. The van der Waals surface area contributed by atoms with E-state index in [1.807, 2.05) is 37.3 Å². The van der Waals surface area contributed by atoms with Crippen LogP contribution in [0.5, 0.6) is 0 Å². The van der Waals surface area contributed by atoms with E-state index in [-0.39, 0.29) is 11.9 Å². The number of aromatic nitrogens is 2. The molecule has 0 spiro atoms. The Morgan fingerprint density at radius 3 is 3.00 bits per heavy atom. The molecule has 1 atom stereocenters. The van der Waals surface area contributed by atoms with Crippen molar-refractivity contribution in [2.75, 3.05) is 11.9 Å². The van der Waals surface area contributed by atoms with Gasteiger partial charge in [-0.3, -0.25) is 14.7 Å². The van der Waals surface area contributed by atoms with Crippen molar-refractivity contribution in [3.63, 3.8) is 0 Å². The van der Waals surface area contributed by atoms with Gasteiger partial charge in [-0.2, -0.15) is 0 Å². The third-order valence-electron chi connectivity index (χ3n) is 4.85. The second-order valence-electron chi connectivity index (χ2n) is 6.89. The summed E-state index contributed by atoms with van der Waals surface area (Å²) in [4.78, 5) is 18.9. The fourth-order valence-electron chi connectivity index (χ4n) is 3.58. The molecule has 4 rings (SSSR count). The molecule has 1 N–H and O–H groups in total. The first-order valence-electron chi connectivity index (χ1n) is 9.16. The number of anilines is 1. The lowest BCUT2D eigenvalue weighted by Crippen LogP contribution is -2.23. The van der Waals surface area contributed by atoms with E-state index in [0.717, 1.165) is 42.9 Å². The summed E-state index contributed by atoms with van der Waals surface area (Å²) < 4.78 is 5.25. The van der Waals surface area contributed by atoms with E-state index in [9.17, 15) is 4.79 Å². The standard InChI is InChI=1S/C21H22N4O2/c1-15-11-19(24-27-15)20-8-4-10-25(20)14-16-5-2-6-17(12-16)21(26)23-18-7-3-9-22-13-18/h2-3,5-7,9,11-13,20H,4,8,10,14H2,1H3,(H,23,26)/t20-/m1/s1. The zero-order chi connectivity index (χ0) is 18.6. The van der Waals surface area contributed by atoms with Crippen LogP contribution in [0.25, 0.3) is 0 Å². The van der Waals surface area contributed by atoms with Crippen LogP contribution in [0.4, 0.5) is 5.69 Å². The van der Waals surface area contributed by atoms with E-state index in [4.69, 9.17) is 4.52 Å².